The molecule has 0 aliphatic heterocycles. The maximum absolute atomic E-state index is 14.6. The Bertz CT molecular complexity index is 1100. The second-order valence-corrected chi connectivity index (χ2v) is 6.10. The first kappa shape index (κ1) is 16.4. The number of imidazole rings is 1. The number of halogens is 2. The summed E-state index contributed by atoms with van der Waals surface area (Å²) < 4.78 is 30.1. The Morgan fingerprint density at radius 2 is 1.73 bits per heavy atom. The summed E-state index contributed by atoms with van der Waals surface area (Å²) in [6, 6.07) is 15.9. The van der Waals surface area contributed by atoms with Gasteiger partial charge in [0.15, 0.2) is 0 Å². The van der Waals surface area contributed by atoms with Crippen LogP contribution in [0.15, 0.2) is 60.8 Å². The summed E-state index contributed by atoms with van der Waals surface area (Å²) in [5, 5.41) is 9.22. The predicted octanol–water partition coefficient (Wildman–Crippen LogP) is 4.75. The standard InChI is InChI=1S/C21H16F2N2O/c1-13-21(14-5-3-2-4-6-14)24-19-10-7-15(11-25(13)19)16-8-9-18(22)17(12-26)20(16)23/h2-11,26H,12H2,1H3. The fourth-order valence-corrected chi connectivity index (χ4v) is 3.16. The van der Waals surface area contributed by atoms with Gasteiger partial charge in [-0.15, -0.1) is 0 Å². The highest BCUT2D eigenvalue weighted by Gasteiger charge is 2.16. The maximum atomic E-state index is 14.6. The molecule has 0 saturated carbocycles. The third-order valence-electron chi connectivity index (χ3n) is 4.56. The lowest BCUT2D eigenvalue weighted by molar-refractivity contribution is 0.269. The van der Waals surface area contributed by atoms with Gasteiger partial charge in [-0.05, 0) is 31.2 Å². The molecule has 0 spiro atoms. The van der Waals surface area contributed by atoms with Gasteiger partial charge in [-0.2, -0.15) is 0 Å². The lowest BCUT2D eigenvalue weighted by atomic mass is 10.0. The first-order valence-electron chi connectivity index (χ1n) is 8.22. The molecule has 26 heavy (non-hydrogen) atoms. The van der Waals surface area contributed by atoms with Crippen molar-refractivity contribution < 1.29 is 13.9 Å². The van der Waals surface area contributed by atoms with Crippen molar-refractivity contribution >= 4 is 5.65 Å². The molecule has 0 amide bonds. The topological polar surface area (TPSA) is 37.5 Å². The molecular weight excluding hydrogens is 334 g/mol. The number of benzene rings is 2. The van der Waals surface area contributed by atoms with E-state index in [1.54, 1.807) is 18.3 Å². The Balaban J connectivity index is 1.88. The van der Waals surface area contributed by atoms with E-state index in [-0.39, 0.29) is 11.1 Å². The van der Waals surface area contributed by atoms with Crippen LogP contribution in [0.5, 0.6) is 0 Å². The van der Waals surface area contributed by atoms with Crippen LogP contribution < -0.4 is 0 Å². The highest BCUT2D eigenvalue weighted by molar-refractivity contribution is 5.70. The number of pyridine rings is 1. The Morgan fingerprint density at radius 3 is 2.46 bits per heavy atom. The molecule has 0 saturated heterocycles. The van der Waals surface area contributed by atoms with Gasteiger partial charge in [0, 0.05) is 34.1 Å². The zero-order valence-corrected chi connectivity index (χ0v) is 14.1. The first-order valence-corrected chi connectivity index (χ1v) is 8.22. The van der Waals surface area contributed by atoms with Crippen molar-refractivity contribution in [1.29, 1.82) is 0 Å². The van der Waals surface area contributed by atoms with Crippen LogP contribution in [0.25, 0.3) is 28.0 Å². The number of aromatic nitrogens is 2. The molecule has 0 radical (unpaired) electrons. The lowest BCUT2D eigenvalue weighted by Gasteiger charge is -2.09. The van der Waals surface area contributed by atoms with Crippen LogP contribution in [0.2, 0.25) is 0 Å². The van der Waals surface area contributed by atoms with E-state index in [1.165, 1.54) is 12.1 Å². The monoisotopic (exact) mass is 350 g/mol. The number of fused-ring (bicyclic) bond motifs is 1. The average Bonchev–Trinajstić information content (AvgIpc) is 2.99. The molecule has 0 aliphatic rings. The molecule has 0 bridgehead atoms. The fraction of sp³-hybridized carbons (Fsp3) is 0.0952. The molecule has 3 nitrogen and oxygen atoms in total. The van der Waals surface area contributed by atoms with E-state index < -0.39 is 18.2 Å². The van der Waals surface area contributed by atoms with Gasteiger partial charge in [-0.25, -0.2) is 13.8 Å². The van der Waals surface area contributed by atoms with Gasteiger partial charge in [0.1, 0.15) is 17.3 Å². The number of hydrogen-bond donors (Lipinski definition) is 1. The molecule has 0 fully saturated rings. The van der Waals surface area contributed by atoms with Gasteiger partial charge in [-0.1, -0.05) is 30.3 Å². The molecule has 5 heteroatoms. The fourth-order valence-electron chi connectivity index (χ4n) is 3.16. The van der Waals surface area contributed by atoms with Crippen molar-refractivity contribution in [2.75, 3.05) is 0 Å². The second kappa shape index (κ2) is 6.35. The quantitative estimate of drug-likeness (QED) is 0.579. The zero-order valence-electron chi connectivity index (χ0n) is 14.1. The van der Waals surface area contributed by atoms with Crippen molar-refractivity contribution in [3.63, 3.8) is 0 Å². The number of aryl methyl sites for hydroxylation is 1. The summed E-state index contributed by atoms with van der Waals surface area (Å²) in [6.07, 6.45) is 1.78. The van der Waals surface area contributed by atoms with Gasteiger partial charge in [-0.3, -0.25) is 0 Å². The van der Waals surface area contributed by atoms with Crippen LogP contribution in [0.3, 0.4) is 0 Å². The van der Waals surface area contributed by atoms with Gasteiger partial charge >= 0.3 is 0 Å². The molecule has 2 heterocycles. The van der Waals surface area contributed by atoms with Gasteiger partial charge in [0.05, 0.1) is 12.3 Å². The predicted molar refractivity (Wildman–Crippen MR) is 96.6 cm³/mol. The van der Waals surface area contributed by atoms with Gasteiger partial charge < -0.3 is 9.51 Å². The van der Waals surface area contributed by atoms with Crippen LogP contribution in [-0.4, -0.2) is 14.5 Å². The van der Waals surface area contributed by atoms with Crippen molar-refractivity contribution in [2.24, 2.45) is 0 Å². The number of rotatable bonds is 3. The molecule has 4 rings (SSSR count). The molecule has 2 aromatic carbocycles. The van der Waals surface area contributed by atoms with Crippen LogP contribution in [-0.2, 0) is 6.61 Å². The first-order chi connectivity index (χ1) is 12.6. The summed E-state index contributed by atoms with van der Waals surface area (Å²) >= 11 is 0. The molecule has 130 valence electrons. The maximum Gasteiger partial charge on any atom is 0.139 e. The van der Waals surface area contributed by atoms with Crippen LogP contribution in [0.4, 0.5) is 8.78 Å². The minimum absolute atomic E-state index is 0.242. The van der Waals surface area contributed by atoms with Crippen LogP contribution >= 0.6 is 0 Å². The Morgan fingerprint density at radius 1 is 0.962 bits per heavy atom. The van der Waals surface area contributed by atoms with E-state index >= 15 is 0 Å². The molecule has 4 aromatic rings. The van der Waals surface area contributed by atoms with Gasteiger partial charge in [0.25, 0.3) is 0 Å². The number of nitrogens with zero attached hydrogens (tertiary/aromatic N) is 2. The number of aliphatic hydroxyl groups excluding tert-OH is 1. The molecule has 2 aromatic heterocycles. The van der Waals surface area contributed by atoms with E-state index in [1.807, 2.05) is 41.7 Å². The highest BCUT2D eigenvalue weighted by Crippen LogP contribution is 2.29. The van der Waals surface area contributed by atoms with E-state index in [9.17, 15) is 13.9 Å². The Hall–Kier alpha value is -3.05. The second-order valence-electron chi connectivity index (χ2n) is 6.10. The Labute approximate surface area is 149 Å². The molecule has 0 atom stereocenters. The van der Waals surface area contributed by atoms with E-state index in [0.29, 0.717) is 5.56 Å². The largest absolute Gasteiger partial charge is 0.391 e. The van der Waals surface area contributed by atoms with Crippen molar-refractivity contribution in [3.05, 3.63) is 83.7 Å². The highest BCUT2D eigenvalue weighted by atomic mass is 19.1. The molecule has 0 unspecified atom stereocenters. The minimum Gasteiger partial charge on any atom is -0.391 e. The summed E-state index contributed by atoms with van der Waals surface area (Å²) in [7, 11) is 0. The van der Waals surface area contributed by atoms with Crippen molar-refractivity contribution in [2.45, 2.75) is 13.5 Å². The zero-order chi connectivity index (χ0) is 18.3. The third-order valence-corrected chi connectivity index (χ3v) is 4.56. The minimum atomic E-state index is -0.750. The van der Waals surface area contributed by atoms with E-state index in [4.69, 9.17) is 0 Å². The SMILES string of the molecule is Cc1c(-c2ccccc2)nc2ccc(-c3ccc(F)c(CO)c3F)cn12. The van der Waals surface area contributed by atoms with Gasteiger partial charge in [0.2, 0.25) is 0 Å². The third kappa shape index (κ3) is 2.57. The molecule has 0 aliphatic carbocycles. The summed E-state index contributed by atoms with van der Waals surface area (Å²) in [5.41, 5.74) is 4.04. The Kier molecular flexibility index (Phi) is 4.01. The van der Waals surface area contributed by atoms with Crippen LogP contribution in [0, 0.1) is 18.6 Å². The summed E-state index contributed by atoms with van der Waals surface area (Å²) in [4.78, 5) is 4.66. The molecule has 1 N–H and O–H groups in total. The van der Waals surface area contributed by atoms with E-state index in [0.717, 1.165) is 22.6 Å². The smallest absolute Gasteiger partial charge is 0.139 e. The normalized spacial score (nSPS) is 11.2. The van der Waals surface area contributed by atoms with Crippen molar-refractivity contribution in [3.8, 4) is 22.4 Å². The number of hydrogen-bond acceptors (Lipinski definition) is 2. The van der Waals surface area contributed by atoms with Crippen LogP contribution in [0.1, 0.15) is 11.3 Å². The van der Waals surface area contributed by atoms with E-state index in [2.05, 4.69) is 4.98 Å². The van der Waals surface area contributed by atoms with Crippen molar-refractivity contribution in [1.82, 2.24) is 9.38 Å². The lowest BCUT2D eigenvalue weighted by Crippen LogP contribution is -1.99. The summed E-state index contributed by atoms with van der Waals surface area (Å²) in [6.45, 7) is 1.27. The number of aliphatic hydroxyl groups is 1. The molecular formula is C21H16F2N2O. The average molecular weight is 350 g/mol. The summed E-state index contributed by atoms with van der Waals surface area (Å²) in [5.74, 6) is -1.49.